The number of carbonyl (C=O) groups excluding carboxylic acids is 1. The fourth-order valence-corrected chi connectivity index (χ4v) is 3.36. The van der Waals surface area contributed by atoms with Crippen molar-refractivity contribution >= 4 is 17.6 Å². The number of carbonyl (C=O) groups is 1. The molecule has 3 rings (SSSR count). The molecule has 2 aliphatic rings. The average Bonchev–Trinajstić information content (AvgIpc) is 3.21. The first-order valence-corrected chi connectivity index (χ1v) is 11.7. The van der Waals surface area contributed by atoms with E-state index in [4.69, 9.17) is 18.9 Å². The summed E-state index contributed by atoms with van der Waals surface area (Å²) in [4.78, 5) is 16.4. The first kappa shape index (κ1) is 24.1. The molecule has 3 N–H and O–H groups in total. The number of guanidine groups is 1. The molecule has 1 unspecified atom stereocenters. The van der Waals surface area contributed by atoms with Gasteiger partial charge in [0, 0.05) is 44.5 Å². The Kier molecular flexibility index (Phi) is 10.4. The van der Waals surface area contributed by atoms with Gasteiger partial charge >= 0.3 is 0 Å². The summed E-state index contributed by atoms with van der Waals surface area (Å²) < 4.78 is 22.7. The van der Waals surface area contributed by atoms with Crippen LogP contribution < -0.4 is 25.4 Å². The minimum atomic E-state index is -0.105. The van der Waals surface area contributed by atoms with Crippen LogP contribution >= 0.6 is 0 Å². The summed E-state index contributed by atoms with van der Waals surface area (Å²) in [5.41, 5.74) is 0.809. The normalized spacial score (nSPS) is 18.2. The van der Waals surface area contributed by atoms with Crippen molar-refractivity contribution in [2.75, 3.05) is 58.0 Å². The van der Waals surface area contributed by atoms with Gasteiger partial charge in [-0.05, 0) is 37.8 Å². The number of hydrogen-bond donors (Lipinski definition) is 3. The Bertz CT molecular complexity index is 737. The number of aliphatic imine (C=N–C) groups is 1. The third-order valence-corrected chi connectivity index (χ3v) is 5.05. The van der Waals surface area contributed by atoms with Crippen molar-refractivity contribution in [3.05, 3.63) is 18.2 Å². The topological polar surface area (TPSA) is 102 Å². The zero-order valence-corrected chi connectivity index (χ0v) is 19.0. The highest BCUT2D eigenvalue weighted by Crippen LogP contribution is 2.32. The number of ether oxygens (including phenoxy) is 4. The smallest absolute Gasteiger partial charge is 0.241 e. The summed E-state index contributed by atoms with van der Waals surface area (Å²) in [5, 5.41) is 9.38. The van der Waals surface area contributed by atoms with E-state index in [-0.39, 0.29) is 18.6 Å². The van der Waals surface area contributed by atoms with Crippen LogP contribution in [-0.4, -0.2) is 70.6 Å². The summed E-state index contributed by atoms with van der Waals surface area (Å²) in [7, 11) is 0. The molecule has 1 aromatic rings. The van der Waals surface area contributed by atoms with Gasteiger partial charge in [-0.15, -0.1) is 0 Å². The maximum absolute atomic E-state index is 12.0. The quantitative estimate of drug-likeness (QED) is 0.271. The zero-order chi connectivity index (χ0) is 22.4. The molecule has 0 aromatic heterocycles. The van der Waals surface area contributed by atoms with Gasteiger partial charge in [0.15, 0.2) is 17.5 Å². The molecule has 2 aliphatic heterocycles. The Labute approximate surface area is 190 Å². The standard InChI is InChI=1S/C23H36N4O5/c1-2-9-24-22(28)16-26-23(25-10-4-11-29-17-19-6-3-12-30-19)27-18-7-8-20-21(15-18)32-14-5-13-31-20/h7-8,15,19H,2-6,9-14,16-17H2,1H3,(H,24,28)(H2,25,26,27). The van der Waals surface area contributed by atoms with Crippen LogP contribution in [0, 0.1) is 0 Å². The molecule has 9 nitrogen and oxygen atoms in total. The van der Waals surface area contributed by atoms with Gasteiger partial charge in [0.1, 0.15) is 6.54 Å². The minimum Gasteiger partial charge on any atom is -0.490 e. The summed E-state index contributed by atoms with van der Waals surface area (Å²) in [6.07, 6.45) is 5.00. The van der Waals surface area contributed by atoms with E-state index in [0.717, 1.165) is 50.1 Å². The molecule has 9 heteroatoms. The summed E-state index contributed by atoms with van der Waals surface area (Å²) >= 11 is 0. The van der Waals surface area contributed by atoms with Gasteiger partial charge in [0.25, 0.3) is 0 Å². The predicted octanol–water partition coefficient (Wildman–Crippen LogP) is 2.32. The molecular formula is C23H36N4O5. The molecule has 1 saturated heterocycles. The largest absolute Gasteiger partial charge is 0.490 e. The van der Waals surface area contributed by atoms with E-state index < -0.39 is 0 Å². The Morgan fingerprint density at radius 1 is 1.12 bits per heavy atom. The number of nitrogens with zero attached hydrogens (tertiary/aromatic N) is 1. The van der Waals surface area contributed by atoms with Crippen LogP contribution in [0.25, 0.3) is 0 Å². The van der Waals surface area contributed by atoms with E-state index in [1.807, 2.05) is 25.1 Å². The highest BCUT2D eigenvalue weighted by atomic mass is 16.5. The molecule has 32 heavy (non-hydrogen) atoms. The molecule has 0 spiro atoms. The molecular weight excluding hydrogens is 412 g/mol. The van der Waals surface area contributed by atoms with E-state index in [9.17, 15) is 4.79 Å². The maximum atomic E-state index is 12.0. The van der Waals surface area contributed by atoms with Gasteiger partial charge in [-0.2, -0.15) is 0 Å². The van der Waals surface area contributed by atoms with Crippen LogP contribution in [0.5, 0.6) is 11.5 Å². The van der Waals surface area contributed by atoms with Crippen LogP contribution in [0.15, 0.2) is 23.2 Å². The van der Waals surface area contributed by atoms with Crippen LogP contribution in [0.3, 0.4) is 0 Å². The molecule has 1 fully saturated rings. The van der Waals surface area contributed by atoms with Gasteiger partial charge in [-0.1, -0.05) is 6.92 Å². The van der Waals surface area contributed by atoms with Gasteiger partial charge in [-0.3, -0.25) is 4.79 Å². The Morgan fingerprint density at radius 3 is 2.81 bits per heavy atom. The second-order valence-electron chi connectivity index (χ2n) is 7.84. The lowest BCUT2D eigenvalue weighted by Crippen LogP contribution is -2.34. The van der Waals surface area contributed by atoms with E-state index in [0.29, 0.717) is 51.2 Å². The van der Waals surface area contributed by atoms with Crippen molar-refractivity contribution in [2.45, 2.75) is 45.1 Å². The first-order chi connectivity index (χ1) is 15.7. The number of hydrogen-bond acceptors (Lipinski definition) is 6. The minimum absolute atomic E-state index is 0.0510. The van der Waals surface area contributed by atoms with Crippen molar-refractivity contribution in [1.29, 1.82) is 0 Å². The molecule has 1 atom stereocenters. The fourth-order valence-electron chi connectivity index (χ4n) is 3.36. The highest BCUT2D eigenvalue weighted by Gasteiger charge is 2.15. The lowest BCUT2D eigenvalue weighted by molar-refractivity contribution is -0.119. The van der Waals surface area contributed by atoms with Crippen molar-refractivity contribution in [1.82, 2.24) is 10.6 Å². The molecule has 0 bridgehead atoms. The third-order valence-electron chi connectivity index (χ3n) is 5.05. The molecule has 178 valence electrons. The van der Waals surface area contributed by atoms with Gasteiger partial charge < -0.3 is 34.9 Å². The number of nitrogens with one attached hydrogen (secondary N) is 3. The maximum Gasteiger partial charge on any atom is 0.241 e. The van der Waals surface area contributed by atoms with Crippen LogP contribution in [-0.2, 0) is 14.3 Å². The SMILES string of the molecule is CCCNC(=O)CN=C(NCCCOCC1CCCO1)Nc1ccc2c(c1)OCCCO2. The van der Waals surface area contributed by atoms with Gasteiger partial charge in [0.2, 0.25) is 5.91 Å². The first-order valence-electron chi connectivity index (χ1n) is 11.7. The molecule has 1 amide bonds. The summed E-state index contributed by atoms with van der Waals surface area (Å²) in [6, 6.07) is 5.68. The number of anilines is 1. The lowest BCUT2D eigenvalue weighted by Gasteiger charge is -2.15. The number of benzene rings is 1. The Balaban J connectivity index is 1.50. The molecule has 1 aromatic carbocycles. The van der Waals surface area contributed by atoms with E-state index >= 15 is 0 Å². The third kappa shape index (κ3) is 8.55. The monoisotopic (exact) mass is 448 g/mol. The van der Waals surface area contributed by atoms with Crippen LogP contribution in [0.1, 0.15) is 39.0 Å². The van der Waals surface area contributed by atoms with E-state index in [1.165, 1.54) is 0 Å². The second-order valence-corrected chi connectivity index (χ2v) is 7.84. The lowest BCUT2D eigenvalue weighted by atomic mass is 10.2. The van der Waals surface area contributed by atoms with Crippen LogP contribution in [0.2, 0.25) is 0 Å². The number of fused-ring (bicyclic) bond motifs is 1. The van der Waals surface area contributed by atoms with E-state index in [1.54, 1.807) is 0 Å². The van der Waals surface area contributed by atoms with E-state index in [2.05, 4.69) is 20.9 Å². The molecule has 0 saturated carbocycles. The summed E-state index contributed by atoms with van der Waals surface area (Å²) in [6.45, 7) is 6.78. The van der Waals surface area contributed by atoms with Crippen LogP contribution in [0.4, 0.5) is 5.69 Å². The number of amides is 1. The fraction of sp³-hybridized carbons (Fsp3) is 0.652. The molecule has 0 aliphatic carbocycles. The molecule has 0 radical (unpaired) electrons. The van der Waals surface area contributed by atoms with Crippen molar-refractivity contribution in [3.8, 4) is 11.5 Å². The average molecular weight is 449 g/mol. The zero-order valence-electron chi connectivity index (χ0n) is 19.0. The molecule has 2 heterocycles. The number of rotatable bonds is 11. The highest BCUT2D eigenvalue weighted by molar-refractivity contribution is 5.95. The van der Waals surface area contributed by atoms with Crippen molar-refractivity contribution < 1.29 is 23.7 Å². The Morgan fingerprint density at radius 2 is 2.00 bits per heavy atom. The van der Waals surface area contributed by atoms with Gasteiger partial charge in [0.05, 0.1) is 25.9 Å². The van der Waals surface area contributed by atoms with Crippen molar-refractivity contribution in [2.24, 2.45) is 4.99 Å². The Hall–Kier alpha value is -2.52. The second kappa shape index (κ2) is 13.8. The van der Waals surface area contributed by atoms with Gasteiger partial charge in [-0.25, -0.2) is 4.99 Å². The van der Waals surface area contributed by atoms with Crippen molar-refractivity contribution in [3.63, 3.8) is 0 Å². The summed E-state index contributed by atoms with van der Waals surface area (Å²) in [5.74, 6) is 1.87. The predicted molar refractivity (Wildman–Crippen MR) is 124 cm³/mol.